The Hall–Kier alpha value is -2.18. The van der Waals surface area contributed by atoms with Crippen LogP contribution < -0.4 is 9.62 Å². The topological polar surface area (TPSA) is 66.5 Å². The number of carbonyl (C=O) groups is 1. The predicted molar refractivity (Wildman–Crippen MR) is 93.4 cm³/mol. The summed E-state index contributed by atoms with van der Waals surface area (Å²) in [5.41, 5.74) is 2.72. The van der Waals surface area contributed by atoms with Crippen LogP contribution in [0.15, 0.2) is 53.4 Å². The molecule has 1 saturated heterocycles. The second-order valence-electron chi connectivity index (χ2n) is 6.03. The first-order valence-corrected chi connectivity index (χ1v) is 9.33. The molecule has 24 heavy (non-hydrogen) atoms. The van der Waals surface area contributed by atoms with E-state index in [1.165, 1.54) is 0 Å². The molecule has 0 aliphatic carbocycles. The highest BCUT2D eigenvalue weighted by Crippen LogP contribution is 2.23. The molecule has 0 saturated carbocycles. The van der Waals surface area contributed by atoms with Gasteiger partial charge in [-0.1, -0.05) is 24.3 Å². The fourth-order valence-electron chi connectivity index (χ4n) is 2.79. The SMILES string of the molecule is Cc1ccc(S(=O)(=O)N[C@H]2CCN(c3ccccc3)C2=O)cc1C. The number of para-hydroxylation sites is 1. The minimum atomic E-state index is -3.72. The average molecular weight is 344 g/mol. The Morgan fingerprint density at radius 2 is 1.75 bits per heavy atom. The highest BCUT2D eigenvalue weighted by Gasteiger charge is 2.35. The summed E-state index contributed by atoms with van der Waals surface area (Å²) < 4.78 is 27.7. The molecule has 2 aromatic rings. The zero-order valence-corrected chi connectivity index (χ0v) is 14.5. The maximum atomic E-state index is 12.6. The van der Waals surface area contributed by atoms with E-state index in [0.29, 0.717) is 13.0 Å². The molecule has 0 bridgehead atoms. The van der Waals surface area contributed by atoms with E-state index in [0.717, 1.165) is 16.8 Å². The second kappa shape index (κ2) is 6.37. The third-order valence-electron chi connectivity index (χ3n) is 4.36. The molecule has 0 spiro atoms. The predicted octanol–water partition coefficient (Wildman–Crippen LogP) is 2.39. The van der Waals surface area contributed by atoms with Gasteiger partial charge in [-0.15, -0.1) is 0 Å². The van der Waals surface area contributed by atoms with Gasteiger partial charge in [-0.25, -0.2) is 8.42 Å². The number of hydrogen-bond donors (Lipinski definition) is 1. The Morgan fingerprint density at radius 3 is 2.42 bits per heavy atom. The zero-order chi connectivity index (χ0) is 17.3. The van der Waals surface area contributed by atoms with Gasteiger partial charge in [-0.2, -0.15) is 4.72 Å². The molecular formula is C18H20N2O3S. The Morgan fingerprint density at radius 1 is 1.04 bits per heavy atom. The van der Waals surface area contributed by atoms with Crippen molar-refractivity contribution in [2.24, 2.45) is 0 Å². The number of nitrogens with zero attached hydrogens (tertiary/aromatic N) is 1. The van der Waals surface area contributed by atoms with Gasteiger partial charge in [0.25, 0.3) is 0 Å². The summed E-state index contributed by atoms with van der Waals surface area (Å²) in [6, 6.07) is 13.5. The molecule has 0 unspecified atom stereocenters. The lowest BCUT2D eigenvalue weighted by atomic mass is 10.1. The van der Waals surface area contributed by atoms with Gasteiger partial charge < -0.3 is 4.90 Å². The molecule has 1 amide bonds. The number of benzene rings is 2. The molecule has 1 aliphatic rings. The molecule has 1 aliphatic heterocycles. The molecule has 2 aromatic carbocycles. The van der Waals surface area contributed by atoms with Crippen molar-refractivity contribution in [3.8, 4) is 0 Å². The lowest BCUT2D eigenvalue weighted by Gasteiger charge is -2.17. The molecular weight excluding hydrogens is 324 g/mol. The van der Waals surface area contributed by atoms with Crippen LogP contribution >= 0.6 is 0 Å². The molecule has 1 N–H and O–H groups in total. The van der Waals surface area contributed by atoms with Gasteiger partial charge in [0.2, 0.25) is 15.9 Å². The summed E-state index contributed by atoms with van der Waals surface area (Å²) in [5.74, 6) is -0.214. The summed E-state index contributed by atoms with van der Waals surface area (Å²) in [7, 11) is -3.72. The molecule has 3 rings (SSSR count). The van der Waals surface area contributed by atoms with Crippen LogP contribution in [-0.4, -0.2) is 26.9 Å². The Kier molecular flexibility index (Phi) is 4.43. The third kappa shape index (κ3) is 3.20. The molecule has 5 nitrogen and oxygen atoms in total. The van der Waals surface area contributed by atoms with Crippen LogP contribution in [0.5, 0.6) is 0 Å². The number of hydrogen-bond acceptors (Lipinski definition) is 3. The van der Waals surface area contributed by atoms with Crippen molar-refractivity contribution in [2.75, 3.05) is 11.4 Å². The first-order valence-electron chi connectivity index (χ1n) is 7.84. The van der Waals surface area contributed by atoms with Crippen molar-refractivity contribution in [1.29, 1.82) is 0 Å². The summed E-state index contributed by atoms with van der Waals surface area (Å²) in [6.07, 6.45) is 0.456. The summed E-state index contributed by atoms with van der Waals surface area (Å²) in [5, 5.41) is 0. The minimum absolute atomic E-state index is 0.191. The minimum Gasteiger partial charge on any atom is -0.311 e. The Bertz CT molecular complexity index is 863. The van der Waals surface area contributed by atoms with E-state index in [-0.39, 0.29) is 10.8 Å². The van der Waals surface area contributed by atoms with Crippen LogP contribution in [0, 0.1) is 13.8 Å². The van der Waals surface area contributed by atoms with Gasteiger partial charge in [0.05, 0.1) is 4.90 Å². The maximum Gasteiger partial charge on any atom is 0.245 e. The highest BCUT2D eigenvalue weighted by molar-refractivity contribution is 7.89. The first-order chi connectivity index (χ1) is 11.4. The molecule has 0 aromatic heterocycles. The monoisotopic (exact) mass is 344 g/mol. The number of sulfonamides is 1. The number of rotatable bonds is 4. The van der Waals surface area contributed by atoms with Crippen LogP contribution in [0.25, 0.3) is 0 Å². The second-order valence-corrected chi connectivity index (χ2v) is 7.75. The number of nitrogens with one attached hydrogen (secondary N) is 1. The third-order valence-corrected chi connectivity index (χ3v) is 5.83. The van der Waals surface area contributed by atoms with E-state index in [1.54, 1.807) is 23.1 Å². The smallest absolute Gasteiger partial charge is 0.245 e. The fraction of sp³-hybridized carbons (Fsp3) is 0.278. The summed E-state index contributed by atoms with van der Waals surface area (Å²) in [6.45, 7) is 4.30. The normalized spacial score (nSPS) is 18.2. The van der Waals surface area contributed by atoms with Gasteiger partial charge in [-0.3, -0.25) is 4.79 Å². The van der Waals surface area contributed by atoms with Gasteiger partial charge in [0, 0.05) is 12.2 Å². The van der Waals surface area contributed by atoms with Crippen molar-refractivity contribution < 1.29 is 13.2 Å². The molecule has 6 heteroatoms. The van der Waals surface area contributed by atoms with Crippen LogP contribution in [0.3, 0.4) is 0 Å². The van der Waals surface area contributed by atoms with Crippen molar-refractivity contribution in [2.45, 2.75) is 31.2 Å². The van der Waals surface area contributed by atoms with Gasteiger partial charge in [0.15, 0.2) is 0 Å². The van der Waals surface area contributed by atoms with Gasteiger partial charge in [-0.05, 0) is 55.7 Å². The fourth-order valence-corrected chi connectivity index (χ4v) is 4.10. The summed E-state index contributed by atoms with van der Waals surface area (Å²) in [4.78, 5) is 14.3. The van der Waals surface area contributed by atoms with E-state index >= 15 is 0 Å². The highest BCUT2D eigenvalue weighted by atomic mass is 32.2. The van der Waals surface area contributed by atoms with E-state index < -0.39 is 16.1 Å². The molecule has 0 radical (unpaired) electrons. The van der Waals surface area contributed by atoms with Crippen LogP contribution in [-0.2, 0) is 14.8 Å². The van der Waals surface area contributed by atoms with Crippen molar-refractivity contribution >= 4 is 21.6 Å². The van der Waals surface area contributed by atoms with Gasteiger partial charge in [0.1, 0.15) is 6.04 Å². The maximum absolute atomic E-state index is 12.6. The van der Waals surface area contributed by atoms with Crippen molar-refractivity contribution in [1.82, 2.24) is 4.72 Å². The van der Waals surface area contributed by atoms with Crippen LogP contribution in [0.1, 0.15) is 17.5 Å². The lowest BCUT2D eigenvalue weighted by molar-refractivity contribution is -0.118. The average Bonchev–Trinajstić information content (AvgIpc) is 2.91. The quantitative estimate of drug-likeness (QED) is 0.926. The lowest BCUT2D eigenvalue weighted by Crippen LogP contribution is -2.41. The Labute approximate surface area is 142 Å². The standard InChI is InChI=1S/C18H20N2O3S/c1-13-8-9-16(12-14(13)2)24(22,23)19-17-10-11-20(18(17)21)15-6-4-3-5-7-15/h3-9,12,17,19H,10-11H2,1-2H3/t17-/m0/s1. The number of carbonyl (C=O) groups excluding carboxylic acids is 1. The molecule has 1 heterocycles. The number of anilines is 1. The number of aryl methyl sites for hydroxylation is 2. The first kappa shape index (κ1) is 16.7. The molecule has 1 atom stereocenters. The number of amides is 1. The zero-order valence-electron chi connectivity index (χ0n) is 13.7. The van der Waals surface area contributed by atoms with E-state index in [4.69, 9.17) is 0 Å². The van der Waals surface area contributed by atoms with E-state index in [2.05, 4.69) is 4.72 Å². The van der Waals surface area contributed by atoms with Crippen LogP contribution in [0.2, 0.25) is 0 Å². The Balaban J connectivity index is 1.78. The molecule has 1 fully saturated rings. The van der Waals surface area contributed by atoms with Crippen molar-refractivity contribution in [3.05, 3.63) is 59.7 Å². The van der Waals surface area contributed by atoms with Crippen molar-refractivity contribution in [3.63, 3.8) is 0 Å². The molecule has 126 valence electrons. The van der Waals surface area contributed by atoms with E-state index in [1.807, 2.05) is 44.2 Å². The van der Waals surface area contributed by atoms with Gasteiger partial charge >= 0.3 is 0 Å². The summed E-state index contributed by atoms with van der Waals surface area (Å²) >= 11 is 0. The van der Waals surface area contributed by atoms with Crippen LogP contribution in [0.4, 0.5) is 5.69 Å². The van der Waals surface area contributed by atoms with E-state index in [9.17, 15) is 13.2 Å². The largest absolute Gasteiger partial charge is 0.311 e.